The summed E-state index contributed by atoms with van der Waals surface area (Å²) in [7, 11) is 0. The van der Waals surface area contributed by atoms with Crippen LogP contribution in [-0.2, 0) is 4.74 Å². The van der Waals surface area contributed by atoms with E-state index >= 15 is 0 Å². The van der Waals surface area contributed by atoms with Crippen molar-refractivity contribution in [3.05, 3.63) is 17.8 Å². The molecule has 0 radical (unpaired) electrons. The maximum atomic E-state index is 5.70. The van der Waals surface area contributed by atoms with Gasteiger partial charge in [-0.15, -0.1) is 5.10 Å². The number of hydrogen-bond acceptors (Lipinski definition) is 4. The highest BCUT2D eigenvalue weighted by atomic mass is 16.5. The zero-order chi connectivity index (χ0) is 12.5. The lowest BCUT2D eigenvalue weighted by Gasteiger charge is -2.51. The third-order valence-corrected chi connectivity index (χ3v) is 3.67. The molecule has 1 heterocycles. The van der Waals surface area contributed by atoms with Gasteiger partial charge in [-0.2, -0.15) is 5.10 Å². The molecule has 17 heavy (non-hydrogen) atoms. The fourth-order valence-electron chi connectivity index (χ4n) is 2.27. The third-order valence-electron chi connectivity index (χ3n) is 3.67. The molecule has 0 spiro atoms. The monoisotopic (exact) mass is 235 g/mol. The molecular weight excluding hydrogens is 214 g/mol. The van der Waals surface area contributed by atoms with Crippen molar-refractivity contribution in [1.82, 2.24) is 10.2 Å². The fraction of sp³-hybridized carbons (Fsp3) is 0.692. The van der Waals surface area contributed by atoms with Crippen LogP contribution in [-0.4, -0.2) is 29.0 Å². The average Bonchev–Trinajstić information content (AvgIpc) is 2.30. The van der Waals surface area contributed by atoms with Crippen molar-refractivity contribution in [1.29, 1.82) is 0 Å². The minimum atomic E-state index is 0.155. The Morgan fingerprint density at radius 1 is 1.41 bits per heavy atom. The van der Waals surface area contributed by atoms with Crippen molar-refractivity contribution in [2.75, 3.05) is 11.9 Å². The number of aromatic nitrogens is 2. The minimum Gasteiger partial charge on any atom is -0.378 e. The highest BCUT2D eigenvalue weighted by molar-refractivity contribution is 5.36. The Labute approximate surface area is 103 Å². The summed E-state index contributed by atoms with van der Waals surface area (Å²) in [6, 6.07) is 4.36. The molecule has 94 valence electrons. The van der Waals surface area contributed by atoms with Crippen molar-refractivity contribution < 1.29 is 4.74 Å². The molecule has 2 rings (SSSR count). The summed E-state index contributed by atoms with van der Waals surface area (Å²) in [4.78, 5) is 0. The third kappa shape index (κ3) is 2.41. The first-order chi connectivity index (χ1) is 8.04. The normalized spacial score (nSPS) is 26.4. The molecule has 1 aromatic rings. The standard InChI is InChI=1S/C13H21N3O/c1-5-17-11-8-10(13(11,3)4)14-12-7-6-9(2)15-16-12/h6-7,10-11H,5,8H2,1-4H3,(H,14,16). The second-order valence-electron chi connectivity index (χ2n) is 5.26. The van der Waals surface area contributed by atoms with E-state index in [1.807, 2.05) is 26.0 Å². The van der Waals surface area contributed by atoms with Crippen molar-refractivity contribution in [3.63, 3.8) is 0 Å². The molecule has 0 aliphatic heterocycles. The van der Waals surface area contributed by atoms with Crippen LogP contribution >= 0.6 is 0 Å². The molecule has 4 nitrogen and oxygen atoms in total. The van der Waals surface area contributed by atoms with Gasteiger partial charge in [0.15, 0.2) is 0 Å². The lowest BCUT2D eigenvalue weighted by Crippen LogP contribution is -2.58. The van der Waals surface area contributed by atoms with Gasteiger partial charge in [0, 0.05) is 18.1 Å². The van der Waals surface area contributed by atoms with Crippen molar-refractivity contribution in [2.45, 2.75) is 46.3 Å². The molecule has 1 aliphatic rings. The predicted molar refractivity (Wildman–Crippen MR) is 68.0 cm³/mol. The molecule has 0 amide bonds. The molecule has 0 bridgehead atoms. The molecule has 1 aromatic heterocycles. The topological polar surface area (TPSA) is 47.0 Å². The minimum absolute atomic E-state index is 0.155. The molecule has 4 heteroatoms. The van der Waals surface area contributed by atoms with Gasteiger partial charge >= 0.3 is 0 Å². The number of ether oxygens (including phenoxy) is 1. The average molecular weight is 235 g/mol. The summed E-state index contributed by atoms with van der Waals surface area (Å²) in [6.45, 7) is 9.23. The van der Waals surface area contributed by atoms with Crippen LogP contribution in [0.4, 0.5) is 5.82 Å². The molecular formula is C13H21N3O. The summed E-state index contributed by atoms with van der Waals surface area (Å²) in [6.07, 6.45) is 1.39. The second-order valence-corrected chi connectivity index (χ2v) is 5.26. The quantitative estimate of drug-likeness (QED) is 0.870. The van der Waals surface area contributed by atoms with Gasteiger partial charge in [0.2, 0.25) is 0 Å². The van der Waals surface area contributed by atoms with Crippen LogP contribution in [0.3, 0.4) is 0 Å². The van der Waals surface area contributed by atoms with Gasteiger partial charge < -0.3 is 10.1 Å². The SMILES string of the molecule is CCOC1CC(Nc2ccc(C)nn2)C1(C)C. The Kier molecular flexibility index (Phi) is 3.33. The van der Waals surface area contributed by atoms with E-state index < -0.39 is 0 Å². The highest BCUT2D eigenvalue weighted by Crippen LogP contribution is 2.44. The summed E-state index contributed by atoms with van der Waals surface area (Å²) in [5.74, 6) is 0.851. The van der Waals surface area contributed by atoms with E-state index in [4.69, 9.17) is 4.74 Å². The van der Waals surface area contributed by atoms with Crippen molar-refractivity contribution in [2.24, 2.45) is 5.41 Å². The lowest BCUT2D eigenvalue weighted by atomic mass is 9.64. The van der Waals surface area contributed by atoms with E-state index in [1.54, 1.807) is 0 Å². The number of rotatable bonds is 4. The molecule has 2 unspecified atom stereocenters. The van der Waals surface area contributed by atoms with Gasteiger partial charge in [-0.3, -0.25) is 0 Å². The zero-order valence-electron chi connectivity index (χ0n) is 11.0. The molecule has 0 saturated heterocycles. The second kappa shape index (κ2) is 4.61. The zero-order valence-corrected chi connectivity index (χ0v) is 11.0. The molecule has 2 atom stereocenters. The number of aryl methyl sites for hydroxylation is 1. The molecule has 1 N–H and O–H groups in total. The lowest BCUT2D eigenvalue weighted by molar-refractivity contribution is -0.0976. The Morgan fingerprint density at radius 3 is 2.71 bits per heavy atom. The number of anilines is 1. The van der Waals surface area contributed by atoms with E-state index in [0.29, 0.717) is 12.1 Å². The van der Waals surface area contributed by atoms with Crippen molar-refractivity contribution in [3.8, 4) is 0 Å². The Bertz CT molecular complexity index is 375. The van der Waals surface area contributed by atoms with Gasteiger partial charge in [-0.25, -0.2) is 0 Å². The van der Waals surface area contributed by atoms with Crippen LogP contribution in [0.25, 0.3) is 0 Å². The molecule has 0 aromatic carbocycles. The molecule has 1 fully saturated rings. The highest BCUT2D eigenvalue weighted by Gasteiger charge is 2.49. The summed E-state index contributed by atoms with van der Waals surface area (Å²) >= 11 is 0. The smallest absolute Gasteiger partial charge is 0.148 e. The summed E-state index contributed by atoms with van der Waals surface area (Å²) < 4.78 is 5.70. The summed E-state index contributed by atoms with van der Waals surface area (Å²) in [5, 5.41) is 11.6. The van der Waals surface area contributed by atoms with E-state index in [0.717, 1.165) is 24.5 Å². The number of hydrogen-bond donors (Lipinski definition) is 1. The maximum Gasteiger partial charge on any atom is 0.148 e. The Morgan fingerprint density at radius 2 is 2.18 bits per heavy atom. The van der Waals surface area contributed by atoms with Gasteiger partial charge in [-0.05, 0) is 32.4 Å². The van der Waals surface area contributed by atoms with E-state index in [1.165, 1.54) is 0 Å². The van der Waals surface area contributed by atoms with Crippen LogP contribution in [0.1, 0.15) is 32.9 Å². The first-order valence-corrected chi connectivity index (χ1v) is 6.22. The maximum absolute atomic E-state index is 5.70. The first-order valence-electron chi connectivity index (χ1n) is 6.22. The van der Waals surface area contributed by atoms with Crippen LogP contribution < -0.4 is 5.32 Å². The Hall–Kier alpha value is -1.16. The van der Waals surface area contributed by atoms with Crippen LogP contribution in [0, 0.1) is 12.3 Å². The Balaban J connectivity index is 1.95. The van der Waals surface area contributed by atoms with Crippen LogP contribution in [0.15, 0.2) is 12.1 Å². The predicted octanol–water partition coefficient (Wildman–Crippen LogP) is 2.40. The first kappa shape index (κ1) is 12.3. The van der Waals surface area contributed by atoms with Gasteiger partial charge in [-0.1, -0.05) is 13.8 Å². The van der Waals surface area contributed by atoms with Crippen molar-refractivity contribution >= 4 is 5.82 Å². The van der Waals surface area contributed by atoms with Crippen LogP contribution in [0.5, 0.6) is 0 Å². The van der Waals surface area contributed by atoms with Gasteiger partial charge in [0.25, 0.3) is 0 Å². The van der Waals surface area contributed by atoms with Gasteiger partial charge in [0.1, 0.15) is 5.82 Å². The largest absolute Gasteiger partial charge is 0.378 e. The van der Waals surface area contributed by atoms with E-state index in [9.17, 15) is 0 Å². The number of nitrogens with one attached hydrogen (secondary N) is 1. The fourth-order valence-corrected chi connectivity index (χ4v) is 2.27. The van der Waals surface area contributed by atoms with Gasteiger partial charge in [0.05, 0.1) is 11.8 Å². The number of nitrogens with zero attached hydrogens (tertiary/aromatic N) is 2. The molecule has 1 saturated carbocycles. The van der Waals surface area contributed by atoms with Crippen LogP contribution in [0.2, 0.25) is 0 Å². The van der Waals surface area contributed by atoms with E-state index in [-0.39, 0.29) is 5.41 Å². The molecule has 1 aliphatic carbocycles. The summed E-state index contributed by atoms with van der Waals surface area (Å²) in [5.41, 5.74) is 1.10. The van der Waals surface area contributed by atoms with E-state index in [2.05, 4.69) is 29.4 Å².